The number of carboxylic acid groups (broad SMARTS) is 1. The Morgan fingerprint density at radius 3 is 2.55 bits per heavy atom. The molecule has 2 aromatic carbocycles. The lowest BCUT2D eigenvalue weighted by atomic mass is 9.91. The summed E-state index contributed by atoms with van der Waals surface area (Å²) in [5.74, 6) is -3.54. The zero-order chi connectivity index (χ0) is 31.8. The van der Waals surface area contributed by atoms with Crippen LogP contribution < -0.4 is 5.32 Å². The third-order valence-corrected chi connectivity index (χ3v) is 8.36. The van der Waals surface area contributed by atoms with Crippen molar-refractivity contribution in [3.8, 4) is 11.1 Å². The maximum Gasteiger partial charge on any atom is 0.417 e. The molecule has 0 aliphatic carbocycles. The molecule has 2 aliphatic heterocycles. The second-order valence-electron chi connectivity index (χ2n) is 11.0. The minimum absolute atomic E-state index is 0.000680. The number of carbonyl (C=O) groups is 3. The molecule has 0 spiro atoms. The van der Waals surface area contributed by atoms with Gasteiger partial charge in [0.25, 0.3) is 0 Å². The molecule has 5 rings (SSSR count). The third kappa shape index (κ3) is 6.33. The zero-order valence-electron chi connectivity index (χ0n) is 23.5. The van der Waals surface area contributed by atoms with Crippen molar-refractivity contribution in [1.29, 1.82) is 0 Å². The van der Waals surface area contributed by atoms with Gasteiger partial charge in [-0.2, -0.15) is 13.2 Å². The van der Waals surface area contributed by atoms with Crippen LogP contribution in [0, 0.1) is 11.7 Å². The minimum atomic E-state index is -4.86. The number of amides is 2. The van der Waals surface area contributed by atoms with E-state index in [1.165, 1.54) is 29.3 Å². The van der Waals surface area contributed by atoms with Gasteiger partial charge in [-0.15, -0.1) is 0 Å². The molecule has 44 heavy (non-hydrogen) atoms. The molecule has 3 aromatic rings. The molecule has 230 valence electrons. The average molecular weight is 630 g/mol. The lowest BCUT2D eigenvalue weighted by molar-refractivity contribution is -0.138. The molecule has 2 bridgehead atoms. The number of aromatic carboxylic acids is 1. The zero-order valence-corrected chi connectivity index (χ0v) is 24.3. The van der Waals surface area contributed by atoms with E-state index in [2.05, 4.69) is 10.3 Å². The van der Waals surface area contributed by atoms with Crippen molar-refractivity contribution in [2.45, 2.75) is 51.2 Å². The molecule has 2 N–H and O–H groups in total. The fourth-order valence-corrected chi connectivity index (χ4v) is 5.88. The summed E-state index contributed by atoms with van der Waals surface area (Å²) >= 11 is 5.83. The number of hydrogen-bond donors (Lipinski definition) is 2. The van der Waals surface area contributed by atoms with E-state index in [0.29, 0.717) is 54.3 Å². The molecule has 12 heteroatoms. The highest BCUT2D eigenvalue weighted by molar-refractivity contribution is 6.31. The first-order chi connectivity index (χ1) is 20.8. The quantitative estimate of drug-likeness (QED) is 0.289. The maximum atomic E-state index is 15.0. The van der Waals surface area contributed by atoms with Gasteiger partial charge in [0.05, 0.1) is 27.9 Å². The number of rotatable bonds is 3. The first kappa shape index (κ1) is 31.2. The number of halogens is 5. The van der Waals surface area contributed by atoms with Gasteiger partial charge < -0.3 is 15.3 Å². The number of anilines is 1. The van der Waals surface area contributed by atoms with E-state index in [-0.39, 0.29) is 35.9 Å². The van der Waals surface area contributed by atoms with Gasteiger partial charge in [-0.25, -0.2) is 9.18 Å². The number of alkyl halides is 3. The number of carbonyl (C=O) groups excluding carboxylic acids is 2. The van der Waals surface area contributed by atoms with Gasteiger partial charge in [0, 0.05) is 41.5 Å². The predicted octanol–water partition coefficient (Wildman–Crippen LogP) is 7.76. The number of fused-ring (bicyclic) bond motifs is 4. The van der Waals surface area contributed by atoms with Crippen LogP contribution in [0.15, 0.2) is 54.7 Å². The fraction of sp³-hybridized carbons (Fsp3) is 0.312. The number of hydrogen-bond acceptors (Lipinski definition) is 4. The SMILES string of the molecule is CC1CCCCC(N2CCC(c3c(C(F)(F)F)ccc(Cl)c3F)=CC2=O)c2cc(ccn2)-c2cc(C(=O)O)ccc2NC1=O. The highest BCUT2D eigenvalue weighted by Gasteiger charge is 2.38. The van der Waals surface area contributed by atoms with Gasteiger partial charge >= 0.3 is 12.1 Å². The molecular formula is C32H28ClF4N3O4. The van der Waals surface area contributed by atoms with Gasteiger partial charge in [-0.1, -0.05) is 31.4 Å². The third-order valence-electron chi connectivity index (χ3n) is 8.07. The number of aromatic nitrogens is 1. The Kier molecular flexibility index (Phi) is 8.78. The number of benzene rings is 2. The van der Waals surface area contributed by atoms with E-state index in [1.807, 2.05) is 0 Å². The number of nitrogens with one attached hydrogen (secondary N) is 1. The smallest absolute Gasteiger partial charge is 0.417 e. The topological polar surface area (TPSA) is 99.6 Å². The van der Waals surface area contributed by atoms with E-state index in [1.54, 1.807) is 19.1 Å². The largest absolute Gasteiger partial charge is 0.478 e. The predicted molar refractivity (Wildman–Crippen MR) is 156 cm³/mol. The average Bonchev–Trinajstić information content (AvgIpc) is 2.98. The first-order valence-corrected chi connectivity index (χ1v) is 14.4. The van der Waals surface area contributed by atoms with Crippen LogP contribution in [0.3, 0.4) is 0 Å². The van der Waals surface area contributed by atoms with Crippen LogP contribution >= 0.6 is 11.6 Å². The van der Waals surface area contributed by atoms with Crippen molar-refractivity contribution in [3.63, 3.8) is 0 Å². The van der Waals surface area contributed by atoms with Crippen molar-refractivity contribution in [3.05, 3.63) is 88.0 Å². The Balaban J connectivity index is 1.56. The molecule has 3 heterocycles. The summed E-state index contributed by atoms with van der Waals surface area (Å²) < 4.78 is 56.3. The molecule has 0 saturated heterocycles. The first-order valence-electron chi connectivity index (χ1n) is 14.1. The van der Waals surface area contributed by atoms with Crippen LogP contribution in [0.1, 0.15) is 72.2 Å². The Morgan fingerprint density at radius 2 is 1.84 bits per heavy atom. The van der Waals surface area contributed by atoms with Crippen LogP contribution in [0.2, 0.25) is 5.02 Å². The summed E-state index contributed by atoms with van der Waals surface area (Å²) in [5, 5.41) is 12.0. The summed E-state index contributed by atoms with van der Waals surface area (Å²) in [6, 6.07) is 8.73. The van der Waals surface area contributed by atoms with Gasteiger partial charge in [0.1, 0.15) is 5.82 Å². The van der Waals surface area contributed by atoms with E-state index >= 15 is 0 Å². The molecule has 2 atom stereocenters. The molecule has 2 unspecified atom stereocenters. The second kappa shape index (κ2) is 12.4. The Morgan fingerprint density at radius 1 is 1.09 bits per heavy atom. The highest BCUT2D eigenvalue weighted by Crippen LogP contribution is 2.42. The molecule has 7 nitrogen and oxygen atoms in total. The summed E-state index contributed by atoms with van der Waals surface area (Å²) in [5.41, 5.74) is -0.102. The lowest BCUT2D eigenvalue weighted by Crippen LogP contribution is -2.38. The molecule has 2 amide bonds. The Hall–Kier alpha value is -4.25. The van der Waals surface area contributed by atoms with Crippen molar-refractivity contribution in [1.82, 2.24) is 9.88 Å². The minimum Gasteiger partial charge on any atom is -0.478 e. The molecule has 0 saturated carbocycles. The van der Waals surface area contributed by atoms with E-state index in [0.717, 1.165) is 12.1 Å². The Labute approximate surface area is 255 Å². The van der Waals surface area contributed by atoms with Gasteiger partial charge in [0.2, 0.25) is 11.8 Å². The van der Waals surface area contributed by atoms with Crippen molar-refractivity contribution >= 4 is 40.6 Å². The summed E-state index contributed by atoms with van der Waals surface area (Å²) in [6.07, 6.45) is -0.0963. The molecular weight excluding hydrogens is 602 g/mol. The van der Waals surface area contributed by atoms with Crippen LogP contribution in [0.4, 0.5) is 23.2 Å². The van der Waals surface area contributed by atoms with Gasteiger partial charge in [-0.3, -0.25) is 14.6 Å². The summed E-state index contributed by atoms with van der Waals surface area (Å²) in [7, 11) is 0. The van der Waals surface area contributed by atoms with Gasteiger partial charge in [0.15, 0.2) is 0 Å². The number of pyridine rings is 1. The summed E-state index contributed by atoms with van der Waals surface area (Å²) in [6.45, 7) is 1.80. The van der Waals surface area contributed by atoms with Crippen LogP contribution in [-0.4, -0.2) is 39.3 Å². The molecule has 1 aromatic heterocycles. The standard InChI is InChI=1S/C32H28ClF4N3O4/c1-17-4-2-3-5-26(25-15-18(10-12-38-25)21-14-20(31(43)44)6-9-24(21)39-30(17)42)40-13-11-19(16-27(40)41)28-22(32(35,36)37)7-8-23(33)29(28)34/h6-10,12,14-17,26H,2-5,11,13H2,1H3,(H,39,42)(H,43,44). The normalized spacial score (nSPS) is 19.6. The number of nitrogens with zero attached hydrogens (tertiary/aromatic N) is 2. The van der Waals surface area contributed by atoms with Crippen LogP contribution in [0.5, 0.6) is 0 Å². The molecule has 0 radical (unpaired) electrons. The van der Waals surface area contributed by atoms with Crippen LogP contribution in [-0.2, 0) is 15.8 Å². The fourth-order valence-electron chi connectivity index (χ4n) is 5.72. The highest BCUT2D eigenvalue weighted by atomic mass is 35.5. The maximum absolute atomic E-state index is 15.0. The molecule has 0 fully saturated rings. The van der Waals surface area contributed by atoms with Crippen molar-refractivity contribution < 1.29 is 37.1 Å². The Bertz CT molecular complexity index is 1670. The van der Waals surface area contributed by atoms with Crippen molar-refractivity contribution in [2.75, 3.05) is 11.9 Å². The lowest BCUT2D eigenvalue weighted by Gasteiger charge is -2.34. The monoisotopic (exact) mass is 629 g/mol. The second-order valence-corrected chi connectivity index (χ2v) is 11.4. The van der Waals surface area contributed by atoms with E-state index in [4.69, 9.17) is 11.6 Å². The van der Waals surface area contributed by atoms with Gasteiger partial charge in [-0.05, 0) is 72.9 Å². The summed E-state index contributed by atoms with van der Waals surface area (Å²) in [4.78, 5) is 44.3. The van der Waals surface area contributed by atoms with Crippen LogP contribution in [0.25, 0.3) is 16.7 Å². The molecule has 2 aliphatic rings. The van der Waals surface area contributed by atoms with Crippen molar-refractivity contribution in [2.24, 2.45) is 5.92 Å². The number of carboxylic acids is 1. The van der Waals surface area contributed by atoms with E-state index in [9.17, 15) is 37.1 Å². The van der Waals surface area contributed by atoms with E-state index < -0.39 is 46.1 Å².